The first kappa shape index (κ1) is 11.1. The lowest BCUT2D eigenvalue weighted by Gasteiger charge is -2.09. The Morgan fingerprint density at radius 2 is 2.06 bits per heavy atom. The summed E-state index contributed by atoms with van der Waals surface area (Å²) < 4.78 is 5.67. The van der Waals surface area contributed by atoms with Crippen molar-refractivity contribution in [2.75, 3.05) is 23.7 Å². The van der Waals surface area contributed by atoms with E-state index in [1.165, 1.54) is 12.8 Å². The quantitative estimate of drug-likeness (QED) is 0.834. The van der Waals surface area contributed by atoms with Crippen molar-refractivity contribution in [1.29, 1.82) is 0 Å². The number of nitrogen functional groups attached to an aromatic ring is 1. The summed E-state index contributed by atoms with van der Waals surface area (Å²) in [6.07, 6.45) is 3.03. The number of benzene rings is 1. The van der Waals surface area contributed by atoms with Crippen LogP contribution in [0.1, 0.15) is 24.3 Å². The molecule has 0 saturated carbocycles. The predicted octanol–water partition coefficient (Wildman–Crippen LogP) is 1.84. The SMILES string of the molecule is Nc1cccc(Cc2nnc(N3CCCC3)o2)c1. The highest BCUT2D eigenvalue weighted by Crippen LogP contribution is 2.19. The van der Waals surface area contributed by atoms with Gasteiger partial charge >= 0.3 is 6.01 Å². The zero-order valence-electron chi connectivity index (χ0n) is 10.2. The highest BCUT2D eigenvalue weighted by atomic mass is 16.4. The van der Waals surface area contributed by atoms with E-state index in [1.54, 1.807) is 0 Å². The summed E-state index contributed by atoms with van der Waals surface area (Å²) in [7, 11) is 0. The number of hydrogen-bond acceptors (Lipinski definition) is 5. The second-order valence-electron chi connectivity index (χ2n) is 4.59. The molecule has 1 aliphatic heterocycles. The van der Waals surface area contributed by atoms with Crippen LogP contribution in [0.5, 0.6) is 0 Å². The average molecular weight is 244 g/mol. The molecule has 0 atom stereocenters. The summed E-state index contributed by atoms with van der Waals surface area (Å²) in [5, 5.41) is 8.18. The molecule has 2 heterocycles. The maximum Gasteiger partial charge on any atom is 0.318 e. The van der Waals surface area contributed by atoms with Crippen molar-refractivity contribution in [3.05, 3.63) is 35.7 Å². The zero-order chi connectivity index (χ0) is 12.4. The van der Waals surface area contributed by atoms with Crippen LogP contribution in [0, 0.1) is 0 Å². The molecule has 18 heavy (non-hydrogen) atoms. The minimum Gasteiger partial charge on any atom is -0.408 e. The van der Waals surface area contributed by atoms with Gasteiger partial charge in [-0.25, -0.2) is 0 Å². The molecule has 2 N–H and O–H groups in total. The molecular formula is C13H16N4O. The molecule has 0 amide bonds. The van der Waals surface area contributed by atoms with Gasteiger partial charge in [0.15, 0.2) is 0 Å². The van der Waals surface area contributed by atoms with Gasteiger partial charge in [-0.05, 0) is 30.5 Å². The Balaban J connectivity index is 1.73. The largest absolute Gasteiger partial charge is 0.408 e. The van der Waals surface area contributed by atoms with Gasteiger partial charge in [-0.15, -0.1) is 5.10 Å². The molecule has 1 saturated heterocycles. The first-order valence-corrected chi connectivity index (χ1v) is 6.23. The summed E-state index contributed by atoms with van der Waals surface area (Å²) in [5.41, 5.74) is 7.59. The van der Waals surface area contributed by atoms with E-state index in [1.807, 2.05) is 24.3 Å². The van der Waals surface area contributed by atoms with E-state index in [-0.39, 0.29) is 0 Å². The summed E-state index contributed by atoms with van der Waals surface area (Å²) in [6.45, 7) is 2.03. The summed E-state index contributed by atoms with van der Waals surface area (Å²) >= 11 is 0. The van der Waals surface area contributed by atoms with Crippen molar-refractivity contribution in [3.8, 4) is 0 Å². The number of nitrogens with zero attached hydrogens (tertiary/aromatic N) is 3. The summed E-state index contributed by atoms with van der Waals surface area (Å²) in [4.78, 5) is 2.13. The average Bonchev–Trinajstić information content (AvgIpc) is 2.98. The topological polar surface area (TPSA) is 68.2 Å². The van der Waals surface area contributed by atoms with Crippen LogP contribution in [0.4, 0.5) is 11.7 Å². The zero-order valence-corrected chi connectivity index (χ0v) is 10.2. The molecule has 1 aromatic carbocycles. The normalized spacial score (nSPS) is 15.2. The van der Waals surface area contributed by atoms with Crippen LogP contribution < -0.4 is 10.6 Å². The highest BCUT2D eigenvalue weighted by molar-refractivity contribution is 5.41. The molecular weight excluding hydrogens is 228 g/mol. The number of anilines is 2. The summed E-state index contributed by atoms with van der Waals surface area (Å²) in [5.74, 6) is 0.641. The van der Waals surface area contributed by atoms with E-state index in [0.29, 0.717) is 18.3 Å². The number of nitrogens with two attached hydrogens (primary N) is 1. The second kappa shape index (κ2) is 4.68. The van der Waals surface area contributed by atoms with E-state index in [4.69, 9.17) is 10.2 Å². The number of aromatic nitrogens is 2. The molecule has 5 nitrogen and oxygen atoms in total. The van der Waals surface area contributed by atoms with Crippen molar-refractivity contribution >= 4 is 11.7 Å². The van der Waals surface area contributed by atoms with E-state index in [0.717, 1.165) is 24.3 Å². The third kappa shape index (κ3) is 2.30. The minimum absolute atomic E-state index is 0.631. The highest BCUT2D eigenvalue weighted by Gasteiger charge is 2.18. The van der Waals surface area contributed by atoms with Gasteiger partial charge in [-0.3, -0.25) is 0 Å². The van der Waals surface area contributed by atoms with Gasteiger partial charge in [0.05, 0.1) is 6.42 Å². The van der Waals surface area contributed by atoms with Gasteiger partial charge in [0.2, 0.25) is 5.89 Å². The smallest absolute Gasteiger partial charge is 0.318 e. The molecule has 0 bridgehead atoms. The van der Waals surface area contributed by atoms with E-state index < -0.39 is 0 Å². The molecule has 1 aromatic heterocycles. The Labute approximate surface area is 106 Å². The van der Waals surface area contributed by atoms with Gasteiger partial charge in [0.1, 0.15) is 0 Å². The molecule has 0 spiro atoms. The van der Waals surface area contributed by atoms with Crippen LogP contribution in [0.2, 0.25) is 0 Å². The van der Waals surface area contributed by atoms with Crippen molar-refractivity contribution < 1.29 is 4.42 Å². The van der Waals surface area contributed by atoms with Gasteiger partial charge < -0.3 is 15.1 Å². The third-order valence-electron chi connectivity index (χ3n) is 3.14. The fourth-order valence-corrected chi connectivity index (χ4v) is 2.23. The Morgan fingerprint density at radius 1 is 1.22 bits per heavy atom. The van der Waals surface area contributed by atoms with Gasteiger partial charge in [0, 0.05) is 18.8 Å². The molecule has 0 aliphatic carbocycles. The third-order valence-corrected chi connectivity index (χ3v) is 3.14. The lowest BCUT2D eigenvalue weighted by molar-refractivity contribution is 0.500. The maximum atomic E-state index is 5.74. The van der Waals surface area contributed by atoms with Crippen LogP contribution >= 0.6 is 0 Å². The van der Waals surface area contributed by atoms with Crippen molar-refractivity contribution in [2.24, 2.45) is 0 Å². The van der Waals surface area contributed by atoms with Crippen molar-refractivity contribution in [1.82, 2.24) is 10.2 Å². The predicted molar refractivity (Wildman–Crippen MR) is 69.4 cm³/mol. The lowest BCUT2D eigenvalue weighted by atomic mass is 10.1. The van der Waals surface area contributed by atoms with Crippen LogP contribution in [-0.2, 0) is 6.42 Å². The maximum absolute atomic E-state index is 5.74. The van der Waals surface area contributed by atoms with Crippen LogP contribution in [0.3, 0.4) is 0 Å². The van der Waals surface area contributed by atoms with Gasteiger partial charge in [0.25, 0.3) is 0 Å². The van der Waals surface area contributed by atoms with Crippen molar-refractivity contribution in [3.63, 3.8) is 0 Å². The lowest BCUT2D eigenvalue weighted by Crippen LogP contribution is -2.17. The number of rotatable bonds is 3. The monoisotopic (exact) mass is 244 g/mol. The van der Waals surface area contributed by atoms with Gasteiger partial charge in [-0.1, -0.05) is 17.2 Å². The Kier molecular flexibility index (Phi) is 2.88. The molecule has 0 radical (unpaired) electrons. The van der Waals surface area contributed by atoms with Crippen molar-refractivity contribution in [2.45, 2.75) is 19.3 Å². The molecule has 5 heteroatoms. The van der Waals surface area contributed by atoms with E-state index in [9.17, 15) is 0 Å². The molecule has 0 unspecified atom stereocenters. The Bertz CT molecular complexity index is 531. The van der Waals surface area contributed by atoms with Crippen LogP contribution in [0.25, 0.3) is 0 Å². The molecule has 2 aromatic rings. The molecule has 1 fully saturated rings. The second-order valence-corrected chi connectivity index (χ2v) is 4.59. The fourth-order valence-electron chi connectivity index (χ4n) is 2.23. The molecule has 1 aliphatic rings. The molecule has 3 rings (SSSR count). The standard InChI is InChI=1S/C13H16N4O/c14-11-5-3-4-10(8-11)9-12-15-16-13(18-12)17-6-1-2-7-17/h3-5,8H,1-2,6-7,9,14H2. The fraction of sp³-hybridized carbons (Fsp3) is 0.385. The van der Waals surface area contributed by atoms with Gasteiger partial charge in [-0.2, -0.15) is 0 Å². The summed E-state index contributed by atoms with van der Waals surface area (Å²) in [6, 6.07) is 8.39. The van der Waals surface area contributed by atoms with E-state index >= 15 is 0 Å². The first-order valence-electron chi connectivity index (χ1n) is 6.23. The first-order chi connectivity index (χ1) is 8.81. The Hall–Kier alpha value is -2.04. The van der Waals surface area contributed by atoms with Crippen LogP contribution in [0.15, 0.2) is 28.7 Å². The number of hydrogen-bond donors (Lipinski definition) is 1. The van der Waals surface area contributed by atoms with E-state index in [2.05, 4.69) is 15.1 Å². The minimum atomic E-state index is 0.631. The van der Waals surface area contributed by atoms with Crippen LogP contribution in [-0.4, -0.2) is 23.3 Å². The molecule has 94 valence electrons. The Morgan fingerprint density at radius 3 is 2.83 bits per heavy atom.